The summed E-state index contributed by atoms with van der Waals surface area (Å²) >= 11 is 0. The van der Waals surface area contributed by atoms with Crippen LogP contribution in [0.4, 0.5) is 0 Å². The zero-order valence-corrected chi connectivity index (χ0v) is 12.5. The van der Waals surface area contributed by atoms with Crippen molar-refractivity contribution < 1.29 is 4.79 Å². The number of nitrogens with zero attached hydrogens (tertiary/aromatic N) is 2. The molecule has 0 aromatic rings. The average Bonchev–Trinajstić information content (AvgIpc) is 2.84. The van der Waals surface area contributed by atoms with Gasteiger partial charge in [0.1, 0.15) is 0 Å². The maximum absolute atomic E-state index is 11.7. The molecular formula is C14H28N4O. The summed E-state index contributed by atoms with van der Waals surface area (Å²) < 4.78 is 0. The molecule has 110 valence electrons. The van der Waals surface area contributed by atoms with Crippen LogP contribution < -0.4 is 11.1 Å². The lowest BCUT2D eigenvalue weighted by Crippen LogP contribution is -2.55. The Kier molecular flexibility index (Phi) is 4.48. The minimum absolute atomic E-state index is 0.196. The molecule has 0 aromatic heterocycles. The van der Waals surface area contributed by atoms with Crippen LogP contribution in [0.25, 0.3) is 0 Å². The Morgan fingerprint density at radius 3 is 2.37 bits per heavy atom. The molecule has 2 atom stereocenters. The van der Waals surface area contributed by atoms with Gasteiger partial charge in [0.15, 0.2) is 0 Å². The van der Waals surface area contributed by atoms with Crippen LogP contribution in [-0.4, -0.2) is 66.6 Å². The van der Waals surface area contributed by atoms with Crippen molar-refractivity contribution in [3.63, 3.8) is 0 Å². The van der Waals surface area contributed by atoms with Crippen LogP contribution in [0.2, 0.25) is 0 Å². The molecule has 3 N–H and O–H groups in total. The number of amides is 1. The second-order valence-corrected chi connectivity index (χ2v) is 6.26. The monoisotopic (exact) mass is 268 g/mol. The Labute approximate surface area is 116 Å². The predicted octanol–water partition coefficient (Wildman–Crippen LogP) is 0.00840. The van der Waals surface area contributed by atoms with Crippen molar-refractivity contribution in [2.75, 3.05) is 33.2 Å². The summed E-state index contributed by atoms with van der Waals surface area (Å²) in [5, 5.41) is 3.16. The fourth-order valence-electron chi connectivity index (χ4n) is 3.52. The summed E-state index contributed by atoms with van der Waals surface area (Å²) in [5.41, 5.74) is 5.10. The van der Waals surface area contributed by atoms with Crippen molar-refractivity contribution in [2.45, 2.75) is 50.7 Å². The Morgan fingerprint density at radius 2 is 1.95 bits per heavy atom. The van der Waals surface area contributed by atoms with Gasteiger partial charge in [-0.25, -0.2) is 0 Å². The zero-order chi connectivity index (χ0) is 14.0. The highest BCUT2D eigenvalue weighted by Gasteiger charge is 2.44. The van der Waals surface area contributed by atoms with Gasteiger partial charge in [-0.15, -0.1) is 0 Å². The summed E-state index contributed by atoms with van der Waals surface area (Å²) in [6.07, 6.45) is 2.81. The van der Waals surface area contributed by atoms with Crippen LogP contribution in [-0.2, 0) is 4.79 Å². The van der Waals surface area contributed by atoms with Crippen LogP contribution >= 0.6 is 0 Å². The second kappa shape index (κ2) is 5.77. The van der Waals surface area contributed by atoms with E-state index in [4.69, 9.17) is 5.73 Å². The molecule has 1 saturated carbocycles. The van der Waals surface area contributed by atoms with Crippen LogP contribution in [0.15, 0.2) is 0 Å². The number of carbonyl (C=O) groups is 1. The lowest BCUT2D eigenvalue weighted by atomic mass is 9.96. The van der Waals surface area contributed by atoms with Crippen molar-refractivity contribution in [3.05, 3.63) is 0 Å². The van der Waals surface area contributed by atoms with Gasteiger partial charge in [-0.1, -0.05) is 0 Å². The molecule has 1 aliphatic heterocycles. The lowest BCUT2D eigenvalue weighted by Gasteiger charge is -2.40. The van der Waals surface area contributed by atoms with Gasteiger partial charge >= 0.3 is 0 Å². The maximum atomic E-state index is 11.7. The third-order valence-electron chi connectivity index (χ3n) is 5.03. The van der Waals surface area contributed by atoms with Gasteiger partial charge in [0.25, 0.3) is 0 Å². The van der Waals surface area contributed by atoms with E-state index in [1.807, 2.05) is 7.05 Å². The molecule has 0 radical (unpaired) electrons. The van der Waals surface area contributed by atoms with E-state index in [0.29, 0.717) is 12.1 Å². The van der Waals surface area contributed by atoms with E-state index in [0.717, 1.165) is 45.4 Å². The summed E-state index contributed by atoms with van der Waals surface area (Å²) in [4.78, 5) is 16.7. The van der Waals surface area contributed by atoms with Gasteiger partial charge < -0.3 is 11.1 Å². The average molecular weight is 268 g/mol. The molecule has 5 nitrogen and oxygen atoms in total. The van der Waals surface area contributed by atoms with Gasteiger partial charge in [0, 0.05) is 38.3 Å². The van der Waals surface area contributed by atoms with E-state index in [1.165, 1.54) is 0 Å². The van der Waals surface area contributed by atoms with Crippen LogP contribution in [0.1, 0.15) is 33.1 Å². The van der Waals surface area contributed by atoms with Gasteiger partial charge in [0.05, 0.1) is 5.54 Å². The normalized spacial score (nSPS) is 34.0. The van der Waals surface area contributed by atoms with Crippen molar-refractivity contribution in [1.82, 2.24) is 15.1 Å². The number of hydrogen-bond acceptors (Lipinski definition) is 4. The largest absolute Gasteiger partial charge is 0.368 e. The van der Waals surface area contributed by atoms with Gasteiger partial charge in [-0.05, 0) is 40.2 Å². The van der Waals surface area contributed by atoms with E-state index in [-0.39, 0.29) is 5.91 Å². The van der Waals surface area contributed by atoms with Gasteiger partial charge in [-0.2, -0.15) is 0 Å². The van der Waals surface area contributed by atoms with Crippen molar-refractivity contribution in [1.29, 1.82) is 0 Å². The third-order valence-corrected chi connectivity index (χ3v) is 5.03. The SMILES string of the molecule is CNC1(C(N)=O)CCC(N2CCN(C(C)C)CC2)C1. The molecule has 2 fully saturated rings. The third kappa shape index (κ3) is 2.93. The number of hydrogen-bond donors (Lipinski definition) is 2. The number of piperazine rings is 1. The Morgan fingerprint density at radius 1 is 1.32 bits per heavy atom. The Bertz CT molecular complexity index is 325. The summed E-state index contributed by atoms with van der Waals surface area (Å²) in [7, 11) is 1.85. The van der Waals surface area contributed by atoms with Crippen molar-refractivity contribution in [2.24, 2.45) is 5.73 Å². The molecule has 5 heteroatoms. The summed E-state index contributed by atoms with van der Waals surface area (Å²) in [5.74, 6) is -0.196. The summed E-state index contributed by atoms with van der Waals surface area (Å²) in [6.45, 7) is 9.01. The maximum Gasteiger partial charge on any atom is 0.237 e. The van der Waals surface area contributed by atoms with E-state index in [1.54, 1.807) is 0 Å². The van der Waals surface area contributed by atoms with Crippen LogP contribution in [0.5, 0.6) is 0 Å². The van der Waals surface area contributed by atoms with E-state index in [2.05, 4.69) is 29.0 Å². The fraction of sp³-hybridized carbons (Fsp3) is 0.929. The standard InChI is InChI=1S/C14H28N4O/c1-11(2)17-6-8-18(9-7-17)12-4-5-14(10-12,16-3)13(15)19/h11-12,16H,4-10H2,1-3H3,(H2,15,19). The first-order valence-electron chi connectivity index (χ1n) is 7.45. The molecule has 0 spiro atoms. The molecule has 1 saturated heterocycles. The first kappa shape index (κ1) is 14.8. The molecule has 19 heavy (non-hydrogen) atoms. The summed E-state index contributed by atoms with van der Waals surface area (Å²) in [6, 6.07) is 1.14. The molecular weight excluding hydrogens is 240 g/mol. The minimum atomic E-state index is -0.472. The number of rotatable bonds is 4. The first-order valence-corrected chi connectivity index (χ1v) is 7.45. The number of likely N-dealkylation sites (N-methyl/N-ethyl adjacent to an activating group) is 1. The molecule has 0 aromatic carbocycles. The molecule has 2 rings (SSSR count). The minimum Gasteiger partial charge on any atom is -0.368 e. The lowest BCUT2D eigenvalue weighted by molar-refractivity contribution is -0.124. The fourth-order valence-corrected chi connectivity index (χ4v) is 3.52. The number of nitrogens with one attached hydrogen (secondary N) is 1. The van der Waals surface area contributed by atoms with Crippen molar-refractivity contribution in [3.8, 4) is 0 Å². The van der Waals surface area contributed by atoms with Crippen molar-refractivity contribution >= 4 is 5.91 Å². The zero-order valence-electron chi connectivity index (χ0n) is 12.5. The molecule has 2 unspecified atom stereocenters. The van der Waals surface area contributed by atoms with Crippen LogP contribution in [0, 0.1) is 0 Å². The van der Waals surface area contributed by atoms with E-state index < -0.39 is 5.54 Å². The molecule has 1 aliphatic carbocycles. The highest BCUT2D eigenvalue weighted by Crippen LogP contribution is 2.33. The smallest absolute Gasteiger partial charge is 0.237 e. The molecule has 0 bridgehead atoms. The topological polar surface area (TPSA) is 61.6 Å². The van der Waals surface area contributed by atoms with E-state index >= 15 is 0 Å². The first-order chi connectivity index (χ1) is 8.98. The predicted molar refractivity (Wildman–Crippen MR) is 76.9 cm³/mol. The molecule has 1 heterocycles. The molecule has 2 aliphatic rings. The van der Waals surface area contributed by atoms with Gasteiger partial charge in [0.2, 0.25) is 5.91 Å². The second-order valence-electron chi connectivity index (χ2n) is 6.26. The Hall–Kier alpha value is -0.650. The van der Waals surface area contributed by atoms with Crippen LogP contribution in [0.3, 0.4) is 0 Å². The van der Waals surface area contributed by atoms with E-state index in [9.17, 15) is 4.79 Å². The number of nitrogens with two attached hydrogens (primary N) is 1. The highest BCUT2D eigenvalue weighted by molar-refractivity contribution is 5.85. The van der Waals surface area contributed by atoms with Gasteiger partial charge in [-0.3, -0.25) is 14.6 Å². The number of carbonyl (C=O) groups excluding carboxylic acids is 1. The number of primary amides is 1. The quantitative estimate of drug-likeness (QED) is 0.754. The molecule has 1 amide bonds. The highest BCUT2D eigenvalue weighted by atomic mass is 16.1. The Balaban J connectivity index is 1.90.